The fourth-order valence-electron chi connectivity index (χ4n) is 3.42. The Bertz CT molecular complexity index is 801. The van der Waals surface area contributed by atoms with Crippen molar-refractivity contribution in [3.05, 3.63) is 35.6 Å². The maximum Gasteiger partial charge on any atom is 0.317 e. The van der Waals surface area contributed by atoms with Crippen molar-refractivity contribution in [2.45, 2.75) is 39.3 Å². The number of rotatable bonds is 4. The van der Waals surface area contributed by atoms with Crippen LogP contribution in [0.2, 0.25) is 0 Å². The van der Waals surface area contributed by atoms with Crippen LogP contribution in [0.15, 0.2) is 28.7 Å². The number of aryl methyl sites for hydroxylation is 1. The number of hydrogen-bond acceptors (Lipinski definition) is 3. The summed E-state index contributed by atoms with van der Waals surface area (Å²) in [6.45, 7) is 7.56. The fourth-order valence-corrected chi connectivity index (χ4v) is 3.42. The molecule has 3 rings (SSSR count). The van der Waals surface area contributed by atoms with Crippen molar-refractivity contribution in [3.8, 4) is 0 Å². The summed E-state index contributed by atoms with van der Waals surface area (Å²) < 4.78 is 5.90. The molecule has 1 aromatic heterocycles. The predicted octanol–water partition coefficient (Wildman–Crippen LogP) is 2.91. The Morgan fingerprint density at radius 3 is 2.85 bits per heavy atom. The van der Waals surface area contributed by atoms with E-state index in [0.717, 1.165) is 28.7 Å². The molecule has 0 spiro atoms. The number of fused-ring (bicyclic) bond motifs is 1. The van der Waals surface area contributed by atoms with Gasteiger partial charge in [-0.2, -0.15) is 0 Å². The van der Waals surface area contributed by atoms with Gasteiger partial charge in [-0.15, -0.1) is 0 Å². The molecule has 7 nitrogen and oxygen atoms in total. The zero-order chi connectivity index (χ0) is 18.7. The molecule has 1 aliphatic rings. The van der Waals surface area contributed by atoms with Crippen LogP contribution in [0, 0.1) is 6.92 Å². The lowest BCUT2D eigenvalue weighted by Crippen LogP contribution is -2.45. The summed E-state index contributed by atoms with van der Waals surface area (Å²) in [6.07, 6.45) is 0.753. The first kappa shape index (κ1) is 18.1. The monoisotopic (exact) mass is 358 g/mol. The van der Waals surface area contributed by atoms with Crippen molar-refractivity contribution < 1.29 is 14.0 Å². The SMILES string of the molecule is CCNC(=O)N1CCC(NC(=O)NC(C)c2oc3ccccc3c2C)C1. The lowest BCUT2D eigenvalue weighted by atomic mass is 10.1. The summed E-state index contributed by atoms with van der Waals surface area (Å²) in [7, 11) is 0. The van der Waals surface area contributed by atoms with E-state index in [-0.39, 0.29) is 24.1 Å². The predicted molar refractivity (Wildman–Crippen MR) is 100 cm³/mol. The van der Waals surface area contributed by atoms with E-state index < -0.39 is 0 Å². The number of furan rings is 1. The number of nitrogens with zero attached hydrogens (tertiary/aromatic N) is 1. The molecule has 0 radical (unpaired) electrons. The number of para-hydroxylation sites is 1. The van der Waals surface area contributed by atoms with Gasteiger partial charge in [-0.05, 0) is 33.3 Å². The normalized spacial score (nSPS) is 18.0. The second kappa shape index (κ2) is 7.68. The highest BCUT2D eigenvalue weighted by Gasteiger charge is 2.27. The first-order valence-corrected chi connectivity index (χ1v) is 9.07. The number of carbonyl (C=O) groups excluding carboxylic acids is 2. The van der Waals surface area contributed by atoms with Crippen molar-refractivity contribution in [2.24, 2.45) is 0 Å². The third-order valence-electron chi connectivity index (χ3n) is 4.76. The molecule has 26 heavy (non-hydrogen) atoms. The van der Waals surface area contributed by atoms with Crippen LogP contribution in [0.5, 0.6) is 0 Å². The highest BCUT2D eigenvalue weighted by molar-refractivity contribution is 5.82. The molecular formula is C19H26N4O3. The zero-order valence-electron chi connectivity index (χ0n) is 15.5. The van der Waals surface area contributed by atoms with Crippen molar-refractivity contribution in [1.82, 2.24) is 20.9 Å². The first-order chi connectivity index (χ1) is 12.5. The number of benzene rings is 1. The highest BCUT2D eigenvalue weighted by atomic mass is 16.3. The van der Waals surface area contributed by atoms with Crippen LogP contribution in [0.25, 0.3) is 11.0 Å². The molecule has 1 saturated heterocycles. The number of likely N-dealkylation sites (tertiary alicyclic amines) is 1. The average molecular weight is 358 g/mol. The second-order valence-corrected chi connectivity index (χ2v) is 6.69. The van der Waals surface area contributed by atoms with E-state index in [9.17, 15) is 9.59 Å². The van der Waals surface area contributed by atoms with E-state index in [2.05, 4.69) is 16.0 Å². The quantitative estimate of drug-likeness (QED) is 0.785. The number of carbonyl (C=O) groups is 2. The molecule has 0 bridgehead atoms. The summed E-state index contributed by atoms with van der Waals surface area (Å²) in [5.74, 6) is 0.761. The Balaban J connectivity index is 1.56. The first-order valence-electron chi connectivity index (χ1n) is 9.07. The fraction of sp³-hybridized carbons (Fsp3) is 0.474. The molecule has 2 unspecified atom stereocenters. The second-order valence-electron chi connectivity index (χ2n) is 6.69. The Morgan fingerprint density at radius 2 is 2.12 bits per heavy atom. The van der Waals surface area contributed by atoms with Gasteiger partial charge in [0, 0.05) is 36.6 Å². The van der Waals surface area contributed by atoms with Crippen molar-refractivity contribution >= 4 is 23.0 Å². The van der Waals surface area contributed by atoms with Gasteiger partial charge in [-0.25, -0.2) is 9.59 Å². The van der Waals surface area contributed by atoms with Gasteiger partial charge in [0.2, 0.25) is 0 Å². The summed E-state index contributed by atoms with van der Waals surface area (Å²) in [6, 6.07) is 7.22. The van der Waals surface area contributed by atoms with Crippen LogP contribution in [-0.2, 0) is 0 Å². The Kier molecular flexibility index (Phi) is 5.35. The molecule has 4 amide bonds. The van der Waals surface area contributed by atoms with Crippen molar-refractivity contribution in [1.29, 1.82) is 0 Å². The topological polar surface area (TPSA) is 86.6 Å². The van der Waals surface area contributed by atoms with E-state index >= 15 is 0 Å². The van der Waals surface area contributed by atoms with Crippen LogP contribution >= 0.6 is 0 Å². The maximum atomic E-state index is 12.3. The number of amides is 4. The molecule has 0 saturated carbocycles. The van der Waals surface area contributed by atoms with Gasteiger partial charge in [-0.1, -0.05) is 18.2 Å². The smallest absolute Gasteiger partial charge is 0.317 e. The van der Waals surface area contributed by atoms with Crippen LogP contribution in [0.1, 0.15) is 37.6 Å². The van der Waals surface area contributed by atoms with Gasteiger partial charge in [0.25, 0.3) is 0 Å². The lowest BCUT2D eigenvalue weighted by molar-refractivity contribution is 0.207. The molecule has 2 heterocycles. The molecule has 7 heteroatoms. The summed E-state index contributed by atoms with van der Waals surface area (Å²) in [5.41, 5.74) is 1.86. The van der Waals surface area contributed by atoms with Crippen molar-refractivity contribution in [2.75, 3.05) is 19.6 Å². The molecule has 1 aliphatic heterocycles. The maximum absolute atomic E-state index is 12.3. The largest absolute Gasteiger partial charge is 0.459 e. The summed E-state index contributed by atoms with van der Waals surface area (Å²) >= 11 is 0. The standard InChI is InChI=1S/C19H26N4O3/c1-4-20-19(25)23-10-9-14(11-23)22-18(24)21-13(3)17-12(2)15-7-5-6-8-16(15)26-17/h5-8,13-14H,4,9-11H2,1-3H3,(H,20,25)(H2,21,22,24). The van der Waals surface area contributed by atoms with Gasteiger partial charge in [0.1, 0.15) is 11.3 Å². The molecule has 140 valence electrons. The number of nitrogens with one attached hydrogen (secondary N) is 3. The van der Waals surface area contributed by atoms with Crippen LogP contribution in [0.3, 0.4) is 0 Å². The molecule has 3 N–H and O–H groups in total. The zero-order valence-corrected chi connectivity index (χ0v) is 15.5. The average Bonchev–Trinajstić information content (AvgIpc) is 3.20. The van der Waals surface area contributed by atoms with Gasteiger partial charge in [0.05, 0.1) is 6.04 Å². The van der Waals surface area contributed by atoms with Crippen LogP contribution in [-0.4, -0.2) is 42.6 Å². The molecular weight excluding hydrogens is 332 g/mol. The summed E-state index contributed by atoms with van der Waals surface area (Å²) in [4.78, 5) is 25.9. The highest BCUT2D eigenvalue weighted by Crippen LogP contribution is 2.29. The third kappa shape index (κ3) is 3.76. The molecule has 1 aromatic carbocycles. The minimum atomic E-state index is -0.250. The Morgan fingerprint density at radius 1 is 1.35 bits per heavy atom. The summed E-state index contributed by atoms with van der Waals surface area (Å²) in [5, 5.41) is 9.72. The molecule has 2 aromatic rings. The van der Waals surface area contributed by atoms with Gasteiger partial charge >= 0.3 is 12.1 Å². The van der Waals surface area contributed by atoms with E-state index in [1.807, 2.05) is 45.0 Å². The van der Waals surface area contributed by atoms with E-state index in [1.54, 1.807) is 4.90 Å². The number of hydrogen-bond donors (Lipinski definition) is 3. The van der Waals surface area contributed by atoms with Gasteiger partial charge in [0.15, 0.2) is 0 Å². The molecule has 1 fully saturated rings. The minimum absolute atomic E-state index is 0.0402. The van der Waals surface area contributed by atoms with E-state index in [0.29, 0.717) is 19.6 Å². The van der Waals surface area contributed by atoms with Crippen molar-refractivity contribution in [3.63, 3.8) is 0 Å². The third-order valence-corrected chi connectivity index (χ3v) is 4.76. The van der Waals surface area contributed by atoms with Gasteiger partial charge < -0.3 is 25.3 Å². The minimum Gasteiger partial charge on any atom is -0.459 e. The lowest BCUT2D eigenvalue weighted by Gasteiger charge is -2.19. The van der Waals surface area contributed by atoms with E-state index in [4.69, 9.17) is 4.42 Å². The van der Waals surface area contributed by atoms with Crippen LogP contribution < -0.4 is 16.0 Å². The number of urea groups is 2. The molecule has 0 aliphatic carbocycles. The molecule has 2 atom stereocenters. The Labute approximate surface area is 153 Å². The Hall–Kier alpha value is -2.70. The van der Waals surface area contributed by atoms with E-state index in [1.165, 1.54) is 0 Å². The van der Waals surface area contributed by atoms with Gasteiger partial charge in [-0.3, -0.25) is 0 Å². The van der Waals surface area contributed by atoms with Crippen LogP contribution in [0.4, 0.5) is 9.59 Å².